The number of fused-ring (bicyclic) bond motifs is 1. The van der Waals surface area contributed by atoms with Crippen molar-refractivity contribution in [3.63, 3.8) is 0 Å². The molecule has 0 N–H and O–H groups in total. The number of para-hydroxylation sites is 2. The molecule has 7 heteroatoms. The van der Waals surface area contributed by atoms with Crippen molar-refractivity contribution in [2.75, 3.05) is 0 Å². The summed E-state index contributed by atoms with van der Waals surface area (Å²) in [5.41, 5.74) is 2.42. The van der Waals surface area contributed by atoms with E-state index in [0.717, 1.165) is 21.1 Å². The van der Waals surface area contributed by atoms with E-state index in [1.807, 2.05) is 53.1 Å². The number of carbonyl (C=O) groups excluding carboxylic acids is 1. The Hall–Kier alpha value is -4.10. The zero-order valence-electron chi connectivity index (χ0n) is 18.9. The normalized spacial score (nSPS) is 11.6. The van der Waals surface area contributed by atoms with Crippen molar-refractivity contribution in [3.05, 3.63) is 136 Å². The molecule has 0 aliphatic carbocycles. The fourth-order valence-corrected chi connectivity index (χ4v) is 4.13. The van der Waals surface area contributed by atoms with Crippen molar-refractivity contribution in [2.45, 2.75) is 6.54 Å². The van der Waals surface area contributed by atoms with E-state index in [1.54, 1.807) is 6.07 Å². The number of rotatable bonds is 6. The lowest BCUT2D eigenvalue weighted by atomic mass is 10.1. The molecule has 0 saturated carbocycles. The second kappa shape index (κ2) is 10.3. The highest BCUT2D eigenvalue weighted by Crippen LogP contribution is 2.27. The average Bonchev–Trinajstić information content (AvgIpc) is 3.22. The number of ether oxygens (including phenoxy) is 1. The summed E-state index contributed by atoms with van der Waals surface area (Å²) in [6.45, 7) is 0.478. The Labute approximate surface area is 214 Å². The molecule has 36 heavy (non-hydrogen) atoms. The summed E-state index contributed by atoms with van der Waals surface area (Å²) in [6, 6.07) is 26.9. The van der Waals surface area contributed by atoms with Crippen molar-refractivity contribution in [2.24, 2.45) is 0 Å². The highest BCUT2D eigenvalue weighted by molar-refractivity contribution is 9.10. The van der Waals surface area contributed by atoms with E-state index in [0.29, 0.717) is 12.4 Å². The molecule has 0 unspecified atom stereocenters. The zero-order valence-corrected chi connectivity index (χ0v) is 20.5. The molecule has 0 aliphatic rings. The van der Waals surface area contributed by atoms with Crippen molar-refractivity contribution < 1.29 is 18.3 Å². The summed E-state index contributed by atoms with van der Waals surface area (Å²) in [5.74, 6) is -1.86. The fourth-order valence-electron chi connectivity index (χ4n) is 3.86. The Morgan fingerprint density at radius 2 is 1.44 bits per heavy atom. The van der Waals surface area contributed by atoms with Gasteiger partial charge < -0.3 is 9.30 Å². The maximum atomic E-state index is 14.8. The Kier molecular flexibility index (Phi) is 6.73. The third-order valence-corrected chi connectivity index (χ3v) is 6.16. The van der Waals surface area contributed by atoms with Gasteiger partial charge in [0.2, 0.25) is 0 Å². The van der Waals surface area contributed by atoms with E-state index in [1.165, 1.54) is 48.5 Å². The summed E-state index contributed by atoms with van der Waals surface area (Å²) in [5, 5.41) is 0. The maximum Gasteiger partial charge on any atom is 0.346 e. The van der Waals surface area contributed by atoms with Crippen LogP contribution in [0.2, 0.25) is 0 Å². The Morgan fingerprint density at radius 3 is 2.14 bits per heavy atom. The molecule has 4 aromatic carbocycles. The van der Waals surface area contributed by atoms with E-state index in [4.69, 9.17) is 9.72 Å². The van der Waals surface area contributed by atoms with Gasteiger partial charge in [0.05, 0.1) is 22.2 Å². The molecule has 0 bridgehead atoms. The van der Waals surface area contributed by atoms with Gasteiger partial charge in [0.1, 0.15) is 23.2 Å². The van der Waals surface area contributed by atoms with Gasteiger partial charge in [-0.2, -0.15) is 0 Å². The summed E-state index contributed by atoms with van der Waals surface area (Å²) in [6.07, 6.45) is 1.51. The third kappa shape index (κ3) is 4.97. The number of nitrogens with zero attached hydrogens (tertiary/aromatic N) is 2. The minimum absolute atomic E-state index is 0.0597. The van der Waals surface area contributed by atoms with Crippen molar-refractivity contribution in [1.82, 2.24) is 9.55 Å². The van der Waals surface area contributed by atoms with Gasteiger partial charge in [-0.3, -0.25) is 0 Å². The van der Waals surface area contributed by atoms with Crippen LogP contribution in [0.3, 0.4) is 0 Å². The molecule has 178 valence electrons. The molecular weight excluding hydrogens is 526 g/mol. The van der Waals surface area contributed by atoms with Gasteiger partial charge >= 0.3 is 5.97 Å². The molecule has 4 nitrogen and oxygen atoms in total. The Balaban J connectivity index is 1.63. The van der Waals surface area contributed by atoms with Crippen LogP contribution in [-0.4, -0.2) is 15.5 Å². The second-order valence-corrected chi connectivity index (χ2v) is 8.94. The maximum absolute atomic E-state index is 14.8. The number of esters is 1. The van der Waals surface area contributed by atoms with Crippen LogP contribution in [-0.2, 0) is 11.3 Å². The molecule has 5 rings (SSSR count). The van der Waals surface area contributed by atoms with Crippen LogP contribution in [0.5, 0.6) is 0 Å². The van der Waals surface area contributed by atoms with Crippen molar-refractivity contribution in [1.29, 1.82) is 0 Å². The summed E-state index contributed by atoms with van der Waals surface area (Å²) in [7, 11) is 0. The molecular formula is C29H19BrF2N2O2. The monoisotopic (exact) mass is 544 g/mol. The van der Waals surface area contributed by atoms with Crippen LogP contribution < -0.4 is 0 Å². The number of benzene rings is 4. The highest BCUT2D eigenvalue weighted by atomic mass is 79.9. The first kappa shape index (κ1) is 23.6. The number of hydrogen-bond acceptors (Lipinski definition) is 3. The number of aromatic nitrogens is 2. The van der Waals surface area contributed by atoms with Gasteiger partial charge in [-0.1, -0.05) is 64.5 Å². The van der Waals surface area contributed by atoms with Crippen LogP contribution in [0.25, 0.3) is 22.9 Å². The van der Waals surface area contributed by atoms with Crippen LogP contribution in [0, 0.1) is 11.6 Å². The van der Waals surface area contributed by atoms with Crippen LogP contribution in [0.15, 0.2) is 102 Å². The van der Waals surface area contributed by atoms with Gasteiger partial charge in [0.25, 0.3) is 0 Å². The molecule has 0 saturated heterocycles. The van der Waals surface area contributed by atoms with E-state index >= 15 is 0 Å². The second-order valence-electron chi connectivity index (χ2n) is 8.03. The lowest BCUT2D eigenvalue weighted by Gasteiger charge is -2.12. The molecule has 0 atom stereocenters. The Bertz CT molecular complexity index is 1590. The number of hydrogen-bond donors (Lipinski definition) is 0. The molecule has 0 fully saturated rings. The van der Waals surface area contributed by atoms with Gasteiger partial charge in [0.15, 0.2) is 0 Å². The lowest BCUT2D eigenvalue weighted by molar-refractivity contribution is 0.0688. The number of carbonyl (C=O) groups is 1. The standard InChI is InChI=1S/C29H19BrF2N2O2/c30-20-15-13-19(14-16-20)18-34-26-12-6-5-11-25(26)33-28(34)17-27(21-7-1-3-9-23(21)31)36-29(35)22-8-2-4-10-24(22)32/h1-17H,18H2/b27-17+. The van der Waals surface area contributed by atoms with Gasteiger partial charge in [-0.05, 0) is 54.1 Å². The number of imidazole rings is 1. The average molecular weight is 545 g/mol. The molecule has 1 heterocycles. The largest absolute Gasteiger partial charge is 0.422 e. The summed E-state index contributed by atoms with van der Waals surface area (Å²) < 4.78 is 37.6. The predicted molar refractivity (Wildman–Crippen MR) is 139 cm³/mol. The minimum atomic E-state index is -0.932. The van der Waals surface area contributed by atoms with E-state index in [9.17, 15) is 13.6 Å². The summed E-state index contributed by atoms with van der Waals surface area (Å²) in [4.78, 5) is 17.6. The van der Waals surface area contributed by atoms with E-state index in [2.05, 4.69) is 15.9 Å². The molecule has 0 amide bonds. The molecule has 5 aromatic rings. The fraction of sp³-hybridized carbons (Fsp3) is 0.0345. The van der Waals surface area contributed by atoms with Gasteiger partial charge in [0, 0.05) is 17.1 Å². The van der Waals surface area contributed by atoms with E-state index in [-0.39, 0.29) is 16.9 Å². The van der Waals surface area contributed by atoms with Gasteiger partial charge in [-0.15, -0.1) is 0 Å². The lowest BCUT2D eigenvalue weighted by Crippen LogP contribution is -2.09. The van der Waals surface area contributed by atoms with Crippen molar-refractivity contribution in [3.8, 4) is 0 Å². The Morgan fingerprint density at radius 1 is 0.833 bits per heavy atom. The van der Waals surface area contributed by atoms with E-state index < -0.39 is 17.6 Å². The molecule has 0 radical (unpaired) electrons. The summed E-state index contributed by atoms with van der Waals surface area (Å²) >= 11 is 3.45. The molecule has 0 spiro atoms. The third-order valence-electron chi connectivity index (χ3n) is 5.63. The quantitative estimate of drug-likeness (QED) is 0.164. The SMILES string of the molecule is O=C(O/C(=C/c1nc2ccccc2n1Cc1ccc(Br)cc1)c1ccccc1F)c1ccccc1F. The number of halogens is 3. The highest BCUT2D eigenvalue weighted by Gasteiger charge is 2.20. The first-order valence-electron chi connectivity index (χ1n) is 11.1. The predicted octanol–water partition coefficient (Wildman–Crippen LogP) is 7.48. The smallest absolute Gasteiger partial charge is 0.346 e. The minimum Gasteiger partial charge on any atom is -0.422 e. The first-order valence-corrected chi connectivity index (χ1v) is 11.9. The van der Waals surface area contributed by atoms with Crippen molar-refractivity contribution >= 4 is 44.8 Å². The topological polar surface area (TPSA) is 44.1 Å². The van der Waals surface area contributed by atoms with Crippen LogP contribution in [0.4, 0.5) is 8.78 Å². The molecule has 0 aliphatic heterocycles. The first-order chi connectivity index (χ1) is 17.5. The molecule has 1 aromatic heterocycles. The van der Waals surface area contributed by atoms with Gasteiger partial charge in [-0.25, -0.2) is 18.6 Å². The van der Waals surface area contributed by atoms with Crippen LogP contribution in [0.1, 0.15) is 27.3 Å². The van der Waals surface area contributed by atoms with Crippen LogP contribution >= 0.6 is 15.9 Å². The zero-order chi connectivity index (χ0) is 25.1.